The van der Waals surface area contributed by atoms with Crippen LogP contribution >= 0.6 is 0 Å². The van der Waals surface area contributed by atoms with Crippen LogP contribution in [0.15, 0.2) is 60.8 Å². The predicted octanol–water partition coefficient (Wildman–Crippen LogP) is 4.09. The van der Waals surface area contributed by atoms with Crippen molar-refractivity contribution in [2.75, 3.05) is 16.8 Å². The summed E-state index contributed by atoms with van der Waals surface area (Å²) in [4.78, 5) is 11.3. The number of hydrogen-bond acceptors (Lipinski definition) is 4. The molecular formula is C20H20N4. The van der Waals surface area contributed by atoms with Crippen LogP contribution in [0.2, 0.25) is 0 Å². The molecule has 3 aromatic rings. The number of nitrogens with one attached hydrogen (secondary N) is 1. The topological polar surface area (TPSA) is 41.1 Å². The molecule has 1 aromatic heterocycles. The van der Waals surface area contributed by atoms with Crippen LogP contribution < -0.4 is 10.2 Å². The Labute approximate surface area is 142 Å². The third kappa shape index (κ3) is 2.95. The van der Waals surface area contributed by atoms with E-state index in [1.54, 1.807) is 0 Å². The highest BCUT2D eigenvalue weighted by atomic mass is 15.3. The predicted molar refractivity (Wildman–Crippen MR) is 97.7 cm³/mol. The second-order valence-corrected chi connectivity index (χ2v) is 6.11. The fraction of sp³-hybridized carbons (Fsp3) is 0.200. The molecule has 4 nitrogen and oxygen atoms in total. The van der Waals surface area contributed by atoms with Crippen molar-refractivity contribution < 1.29 is 0 Å². The van der Waals surface area contributed by atoms with Gasteiger partial charge in [0, 0.05) is 25.0 Å². The molecule has 0 atom stereocenters. The standard InChI is InChI=1S/C20H20N4/c1-15-5-4-6-16(13-15)14-22-19-9-11-21-20(23-19)24-12-10-17-7-2-3-8-18(17)24/h2-9,11,13H,10,12,14H2,1H3,(H,21,22,23). The van der Waals surface area contributed by atoms with E-state index in [2.05, 4.69) is 70.7 Å². The number of para-hydroxylation sites is 1. The number of anilines is 3. The fourth-order valence-electron chi connectivity index (χ4n) is 3.14. The third-order valence-electron chi connectivity index (χ3n) is 4.33. The van der Waals surface area contributed by atoms with Gasteiger partial charge in [-0.3, -0.25) is 0 Å². The van der Waals surface area contributed by atoms with Crippen LogP contribution in [0.25, 0.3) is 0 Å². The number of aryl methyl sites for hydroxylation is 1. The van der Waals surface area contributed by atoms with Gasteiger partial charge in [0.05, 0.1) is 0 Å². The lowest BCUT2D eigenvalue weighted by molar-refractivity contribution is 0.936. The van der Waals surface area contributed by atoms with E-state index in [0.717, 1.165) is 31.3 Å². The van der Waals surface area contributed by atoms with E-state index in [9.17, 15) is 0 Å². The van der Waals surface area contributed by atoms with Gasteiger partial charge in [-0.1, -0.05) is 48.0 Å². The lowest BCUT2D eigenvalue weighted by Gasteiger charge is -2.17. The van der Waals surface area contributed by atoms with Crippen LogP contribution in [0.1, 0.15) is 16.7 Å². The summed E-state index contributed by atoms with van der Waals surface area (Å²) in [6.45, 7) is 3.80. The average molecular weight is 316 g/mol. The van der Waals surface area contributed by atoms with Crippen molar-refractivity contribution in [3.63, 3.8) is 0 Å². The first-order valence-corrected chi connectivity index (χ1v) is 8.27. The first kappa shape index (κ1) is 14.7. The van der Waals surface area contributed by atoms with E-state index >= 15 is 0 Å². The normalized spacial score (nSPS) is 13.0. The van der Waals surface area contributed by atoms with E-state index in [-0.39, 0.29) is 0 Å². The fourth-order valence-corrected chi connectivity index (χ4v) is 3.14. The van der Waals surface area contributed by atoms with Gasteiger partial charge in [0.15, 0.2) is 0 Å². The SMILES string of the molecule is Cc1cccc(CNc2ccnc(N3CCc4ccccc43)n2)c1. The smallest absolute Gasteiger partial charge is 0.231 e. The number of hydrogen-bond donors (Lipinski definition) is 1. The van der Waals surface area contributed by atoms with Crippen molar-refractivity contribution in [1.82, 2.24) is 9.97 Å². The first-order valence-electron chi connectivity index (χ1n) is 8.27. The highest BCUT2D eigenvalue weighted by Gasteiger charge is 2.21. The Bertz CT molecular complexity index is 860. The van der Waals surface area contributed by atoms with Gasteiger partial charge in [0.1, 0.15) is 5.82 Å². The van der Waals surface area contributed by atoms with Crippen molar-refractivity contribution in [3.05, 3.63) is 77.5 Å². The maximum atomic E-state index is 4.69. The molecule has 24 heavy (non-hydrogen) atoms. The van der Waals surface area contributed by atoms with Gasteiger partial charge in [-0.2, -0.15) is 4.98 Å². The summed E-state index contributed by atoms with van der Waals surface area (Å²) in [6.07, 6.45) is 2.86. The van der Waals surface area contributed by atoms with Gasteiger partial charge in [-0.25, -0.2) is 4.98 Å². The monoisotopic (exact) mass is 316 g/mol. The summed E-state index contributed by atoms with van der Waals surface area (Å²) in [5.41, 5.74) is 5.10. The molecule has 0 amide bonds. The molecule has 1 aliphatic rings. The molecule has 0 aliphatic carbocycles. The van der Waals surface area contributed by atoms with Crippen molar-refractivity contribution >= 4 is 17.5 Å². The minimum Gasteiger partial charge on any atom is -0.366 e. The third-order valence-corrected chi connectivity index (χ3v) is 4.33. The highest BCUT2D eigenvalue weighted by molar-refractivity contribution is 5.66. The Kier molecular flexibility index (Phi) is 3.87. The van der Waals surface area contributed by atoms with Crippen LogP contribution in [0.5, 0.6) is 0 Å². The highest BCUT2D eigenvalue weighted by Crippen LogP contribution is 2.32. The molecule has 0 radical (unpaired) electrons. The number of fused-ring (bicyclic) bond motifs is 1. The summed E-state index contributed by atoms with van der Waals surface area (Å²) in [6, 6.07) is 18.9. The molecule has 4 heteroatoms. The van der Waals surface area contributed by atoms with Gasteiger partial charge in [0.25, 0.3) is 0 Å². The molecule has 1 N–H and O–H groups in total. The Morgan fingerprint density at radius 2 is 2.00 bits per heavy atom. The lowest BCUT2D eigenvalue weighted by Crippen LogP contribution is -2.17. The Morgan fingerprint density at radius 1 is 1.08 bits per heavy atom. The molecule has 0 saturated carbocycles. The van der Waals surface area contributed by atoms with Gasteiger partial charge in [-0.05, 0) is 36.6 Å². The molecular weight excluding hydrogens is 296 g/mol. The van der Waals surface area contributed by atoms with E-state index in [1.807, 2.05) is 12.3 Å². The van der Waals surface area contributed by atoms with Crippen LogP contribution in [-0.4, -0.2) is 16.5 Å². The average Bonchev–Trinajstić information content (AvgIpc) is 3.04. The molecule has 2 heterocycles. The van der Waals surface area contributed by atoms with Crippen molar-refractivity contribution in [3.8, 4) is 0 Å². The Hall–Kier alpha value is -2.88. The minimum absolute atomic E-state index is 0.759. The first-order chi connectivity index (χ1) is 11.8. The zero-order valence-electron chi connectivity index (χ0n) is 13.7. The minimum atomic E-state index is 0.759. The zero-order valence-corrected chi connectivity index (χ0v) is 13.7. The summed E-state index contributed by atoms with van der Waals surface area (Å²) in [5, 5.41) is 3.40. The summed E-state index contributed by atoms with van der Waals surface area (Å²) < 4.78 is 0. The van der Waals surface area contributed by atoms with Crippen molar-refractivity contribution in [1.29, 1.82) is 0 Å². The number of nitrogens with zero attached hydrogens (tertiary/aromatic N) is 3. The maximum Gasteiger partial charge on any atom is 0.231 e. The Balaban J connectivity index is 1.52. The van der Waals surface area contributed by atoms with E-state index in [1.165, 1.54) is 22.4 Å². The van der Waals surface area contributed by atoms with Crippen LogP contribution in [-0.2, 0) is 13.0 Å². The van der Waals surface area contributed by atoms with Crippen LogP contribution in [0.4, 0.5) is 17.5 Å². The molecule has 0 spiro atoms. The van der Waals surface area contributed by atoms with E-state index < -0.39 is 0 Å². The molecule has 4 rings (SSSR count). The number of aromatic nitrogens is 2. The molecule has 120 valence electrons. The lowest BCUT2D eigenvalue weighted by atomic mass is 10.1. The Morgan fingerprint density at radius 3 is 2.92 bits per heavy atom. The molecule has 0 saturated heterocycles. The number of rotatable bonds is 4. The van der Waals surface area contributed by atoms with Crippen molar-refractivity contribution in [2.24, 2.45) is 0 Å². The second kappa shape index (κ2) is 6.32. The summed E-state index contributed by atoms with van der Waals surface area (Å²) in [7, 11) is 0. The van der Waals surface area contributed by atoms with Gasteiger partial charge in [0.2, 0.25) is 5.95 Å². The largest absolute Gasteiger partial charge is 0.366 e. The quantitative estimate of drug-likeness (QED) is 0.787. The molecule has 0 bridgehead atoms. The van der Waals surface area contributed by atoms with Gasteiger partial charge >= 0.3 is 0 Å². The van der Waals surface area contributed by atoms with E-state index in [0.29, 0.717) is 0 Å². The summed E-state index contributed by atoms with van der Waals surface area (Å²) >= 11 is 0. The zero-order chi connectivity index (χ0) is 16.4. The van der Waals surface area contributed by atoms with Crippen LogP contribution in [0, 0.1) is 6.92 Å². The van der Waals surface area contributed by atoms with Gasteiger partial charge in [-0.15, -0.1) is 0 Å². The molecule has 0 fully saturated rings. The molecule has 2 aromatic carbocycles. The molecule has 0 unspecified atom stereocenters. The summed E-state index contributed by atoms with van der Waals surface area (Å²) in [5.74, 6) is 1.61. The van der Waals surface area contributed by atoms with Crippen LogP contribution in [0.3, 0.4) is 0 Å². The molecule has 1 aliphatic heterocycles. The maximum absolute atomic E-state index is 4.69. The van der Waals surface area contributed by atoms with E-state index in [4.69, 9.17) is 4.98 Å². The second-order valence-electron chi connectivity index (χ2n) is 6.11. The van der Waals surface area contributed by atoms with Gasteiger partial charge < -0.3 is 10.2 Å². The number of benzene rings is 2. The van der Waals surface area contributed by atoms with Crippen molar-refractivity contribution in [2.45, 2.75) is 19.9 Å².